The van der Waals surface area contributed by atoms with Crippen molar-refractivity contribution in [3.63, 3.8) is 0 Å². The summed E-state index contributed by atoms with van der Waals surface area (Å²) in [5.41, 5.74) is 6.08. The van der Waals surface area contributed by atoms with E-state index in [2.05, 4.69) is 13.8 Å². The van der Waals surface area contributed by atoms with Gasteiger partial charge in [-0.25, -0.2) is 0 Å². The summed E-state index contributed by atoms with van der Waals surface area (Å²) in [5.74, 6) is 1.70. The number of benzene rings is 1. The Hall–Kier alpha value is -0.180. The van der Waals surface area contributed by atoms with Crippen molar-refractivity contribution in [2.24, 2.45) is 11.7 Å². The molecule has 0 saturated carbocycles. The predicted molar refractivity (Wildman–Crippen MR) is 74.2 cm³/mol. The molecular weight excluding hydrogens is 238 g/mol. The first-order valence-corrected chi connectivity index (χ1v) is 7.12. The Labute approximate surface area is 108 Å². The number of hydrogen-bond donors (Lipinski definition) is 1. The molecule has 1 aromatic rings. The lowest BCUT2D eigenvalue weighted by molar-refractivity contribution is 0.472. The fourth-order valence-electron chi connectivity index (χ4n) is 1.49. The van der Waals surface area contributed by atoms with E-state index in [9.17, 15) is 0 Å². The van der Waals surface area contributed by atoms with Crippen LogP contribution in [0, 0.1) is 5.92 Å². The van der Waals surface area contributed by atoms with Crippen LogP contribution in [-0.4, -0.2) is 11.8 Å². The van der Waals surface area contributed by atoms with Crippen molar-refractivity contribution in [2.75, 3.05) is 5.75 Å². The van der Waals surface area contributed by atoms with Crippen molar-refractivity contribution in [1.82, 2.24) is 0 Å². The second-order valence-corrected chi connectivity index (χ2v) is 5.80. The van der Waals surface area contributed by atoms with Crippen molar-refractivity contribution in [3.8, 4) is 0 Å². The highest BCUT2D eigenvalue weighted by molar-refractivity contribution is 7.99. The summed E-state index contributed by atoms with van der Waals surface area (Å²) in [6.07, 6.45) is 2.32. The van der Waals surface area contributed by atoms with E-state index in [4.69, 9.17) is 17.3 Å². The summed E-state index contributed by atoms with van der Waals surface area (Å²) in [7, 11) is 0. The smallest absolute Gasteiger partial charge is 0.0406 e. The molecule has 0 aliphatic carbocycles. The van der Waals surface area contributed by atoms with Crippen LogP contribution in [0.5, 0.6) is 0 Å². The van der Waals surface area contributed by atoms with Crippen molar-refractivity contribution in [2.45, 2.75) is 37.6 Å². The first-order valence-electron chi connectivity index (χ1n) is 5.75. The average molecular weight is 258 g/mol. The lowest BCUT2D eigenvalue weighted by atomic mass is 10.0. The maximum absolute atomic E-state index is 6.08. The molecule has 2 atom stereocenters. The van der Waals surface area contributed by atoms with Crippen LogP contribution >= 0.6 is 23.4 Å². The van der Waals surface area contributed by atoms with E-state index >= 15 is 0 Å². The summed E-state index contributed by atoms with van der Waals surface area (Å²) >= 11 is 7.63. The minimum Gasteiger partial charge on any atom is -0.327 e. The van der Waals surface area contributed by atoms with Gasteiger partial charge in [0, 0.05) is 21.7 Å². The number of thioether (sulfide) groups is 1. The Kier molecular flexibility index (Phi) is 6.25. The Morgan fingerprint density at radius 3 is 2.50 bits per heavy atom. The molecule has 0 saturated heterocycles. The molecule has 1 nitrogen and oxygen atoms in total. The predicted octanol–water partition coefficient (Wildman–Crippen LogP) is 4.20. The number of nitrogens with two attached hydrogens (primary N) is 1. The van der Waals surface area contributed by atoms with E-state index in [1.54, 1.807) is 11.8 Å². The van der Waals surface area contributed by atoms with E-state index in [0.29, 0.717) is 0 Å². The molecule has 0 heterocycles. The lowest BCUT2D eigenvalue weighted by Crippen LogP contribution is -2.25. The maximum atomic E-state index is 6.08. The van der Waals surface area contributed by atoms with Gasteiger partial charge >= 0.3 is 0 Å². The van der Waals surface area contributed by atoms with Crippen LogP contribution in [-0.2, 0) is 0 Å². The van der Waals surface area contributed by atoms with Crippen LogP contribution in [0.2, 0.25) is 5.02 Å². The molecule has 0 aliphatic heterocycles. The molecule has 2 N–H and O–H groups in total. The van der Waals surface area contributed by atoms with Gasteiger partial charge < -0.3 is 5.73 Å². The molecule has 1 aromatic carbocycles. The van der Waals surface area contributed by atoms with Gasteiger partial charge in [0.1, 0.15) is 0 Å². The standard InChI is InChI=1S/C13H20ClNS/c1-3-10(2)8-12(15)9-16-13-6-4-11(14)5-7-13/h4-7,10,12H,3,8-9,15H2,1-2H3. The van der Waals surface area contributed by atoms with E-state index in [0.717, 1.165) is 23.1 Å². The SMILES string of the molecule is CCC(C)CC(N)CSc1ccc(Cl)cc1. The van der Waals surface area contributed by atoms with Crippen molar-refractivity contribution in [3.05, 3.63) is 29.3 Å². The second-order valence-electron chi connectivity index (χ2n) is 4.27. The van der Waals surface area contributed by atoms with Gasteiger partial charge in [-0.2, -0.15) is 0 Å². The molecule has 3 heteroatoms. The van der Waals surface area contributed by atoms with Crippen LogP contribution in [0.1, 0.15) is 26.7 Å². The van der Waals surface area contributed by atoms with Gasteiger partial charge in [-0.3, -0.25) is 0 Å². The Morgan fingerprint density at radius 1 is 1.31 bits per heavy atom. The molecule has 0 amide bonds. The third-order valence-electron chi connectivity index (χ3n) is 2.68. The zero-order valence-corrected chi connectivity index (χ0v) is 11.5. The van der Waals surface area contributed by atoms with Gasteiger partial charge in [0.05, 0.1) is 0 Å². The minimum atomic E-state index is 0.288. The van der Waals surface area contributed by atoms with E-state index in [1.807, 2.05) is 24.3 Å². The van der Waals surface area contributed by atoms with Crippen LogP contribution in [0.25, 0.3) is 0 Å². The molecule has 1 rings (SSSR count). The van der Waals surface area contributed by atoms with Crippen LogP contribution < -0.4 is 5.73 Å². The van der Waals surface area contributed by atoms with Crippen LogP contribution in [0.15, 0.2) is 29.2 Å². The molecule has 16 heavy (non-hydrogen) atoms. The first-order chi connectivity index (χ1) is 7.61. The Morgan fingerprint density at radius 2 is 1.94 bits per heavy atom. The average Bonchev–Trinajstić information content (AvgIpc) is 2.28. The zero-order chi connectivity index (χ0) is 12.0. The topological polar surface area (TPSA) is 26.0 Å². The Bertz CT molecular complexity index is 299. The van der Waals surface area contributed by atoms with Gasteiger partial charge in [0.25, 0.3) is 0 Å². The fourth-order valence-corrected chi connectivity index (χ4v) is 2.48. The third kappa shape index (κ3) is 5.24. The highest BCUT2D eigenvalue weighted by Crippen LogP contribution is 2.22. The van der Waals surface area contributed by atoms with Gasteiger partial charge in [-0.1, -0.05) is 31.9 Å². The van der Waals surface area contributed by atoms with Gasteiger partial charge in [-0.15, -0.1) is 11.8 Å². The second kappa shape index (κ2) is 7.21. The van der Waals surface area contributed by atoms with E-state index in [-0.39, 0.29) is 6.04 Å². The summed E-state index contributed by atoms with van der Waals surface area (Å²) in [6, 6.07) is 8.22. The molecular formula is C13H20ClNS. The monoisotopic (exact) mass is 257 g/mol. The molecule has 0 spiro atoms. The lowest BCUT2D eigenvalue weighted by Gasteiger charge is -2.15. The third-order valence-corrected chi connectivity index (χ3v) is 4.13. The highest BCUT2D eigenvalue weighted by atomic mass is 35.5. The summed E-state index contributed by atoms with van der Waals surface area (Å²) < 4.78 is 0. The molecule has 0 fully saturated rings. The number of halogens is 1. The van der Waals surface area contributed by atoms with E-state index in [1.165, 1.54) is 11.3 Å². The van der Waals surface area contributed by atoms with Crippen molar-refractivity contribution in [1.29, 1.82) is 0 Å². The quantitative estimate of drug-likeness (QED) is 0.773. The fraction of sp³-hybridized carbons (Fsp3) is 0.538. The minimum absolute atomic E-state index is 0.288. The van der Waals surface area contributed by atoms with Crippen molar-refractivity contribution >= 4 is 23.4 Å². The summed E-state index contributed by atoms with van der Waals surface area (Å²) in [6.45, 7) is 4.47. The van der Waals surface area contributed by atoms with Crippen LogP contribution in [0.4, 0.5) is 0 Å². The molecule has 90 valence electrons. The van der Waals surface area contributed by atoms with Gasteiger partial charge in [0.2, 0.25) is 0 Å². The molecule has 0 aromatic heterocycles. The van der Waals surface area contributed by atoms with Crippen molar-refractivity contribution < 1.29 is 0 Å². The summed E-state index contributed by atoms with van der Waals surface area (Å²) in [4.78, 5) is 1.24. The van der Waals surface area contributed by atoms with Crippen LogP contribution in [0.3, 0.4) is 0 Å². The molecule has 2 unspecified atom stereocenters. The highest BCUT2D eigenvalue weighted by Gasteiger charge is 2.08. The Balaban J connectivity index is 2.31. The summed E-state index contributed by atoms with van der Waals surface area (Å²) in [5, 5.41) is 0.785. The number of hydrogen-bond acceptors (Lipinski definition) is 2. The number of rotatable bonds is 6. The first kappa shape index (κ1) is 13.9. The normalized spacial score (nSPS) is 14.8. The van der Waals surface area contributed by atoms with E-state index < -0.39 is 0 Å². The largest absolute Gasteiger partial charge is 0.327 e. The van der Waals surface area contributed by atoms with Gasteiger partial charge in [-0.05, 0) is 36.6 Å². The molecule has 0 radical (unpaired) electrons. The molecule has 0 bridgehead atoms. The zero-order valence-electron chi connectivity index (χ0n) is 9.95. The maximum Gasteiger partial charge on any atom is 0.0406 e. The molecule has 0 aliphatic rings. The van der Waals surface area contributed by atoms with Gasteiger partial charge in [0.15, 0.2) is 0 Å².